The largest absolute Gasteiger partial charge is 0.383 e. The zero-order valence-corrected chi connectivity index (χ0v) is 11.7. The van der Waals surface area contributed by atoms with Crippen LogP contribution >= 0.6 is 0 Å². The van der Waals surface area contributed by atoms with Gasteiger partial charge in [-0.2, -0.15) is 0 Å². The minimum absolute atomic E-state index is 0.219. The number of nitrogens with two attached hydrogens (primary N) is 2. The maximum atomic E-state index is 6.13. The van der Waals surface area contributed by atoms with Crippen molar-refractivity contribution < 1.29 is 0 Å². The van der Waals surface area contributed by atoms with Crippen molar-refractivity contribution in [2.24, 2.45) is 12.8 Å². The van der Waals surface area contributed by atoms with E-state index in [0.717, 1.165) is 28.6 Å². The molecule has 1 aromatic carbocycles. The van der Waals surface area contributed by atoms with Crippen molar-refractivity contribution in [2.45, 2.75) is 18.4 Å². The molecular formula is C16H16N5. The Hall–Kier alpha value is -2.40. The lowest BCUT2D eigenvalue weighted by atomic mass is 10.0. The molecule has 2 atom stereocenters. The summed E-state index contributed by atoms with van der Waals surface area (Å²) in [6, 6.07) is 11.2. The standard InChI is InChI=1S/C16H16N5/c1-21-14(10-7-11(10)17)12(9-5-3-2-4-6-9)13-15(18)19-8-20-16(13)21/h3-6,8,10-11H,7,17H2,1H3,(H2,18,19,20). The second kappa shape index (κ2) is 4.30. The van der Waals surface area contributed by atoms with E-state index in [1.807, 2.05) is 31.3 Å². The molecule has 3 aromatic rings. The van der Waals surface area contributed by atoms with Crippen LogP contribution in [0.5, 0.6) is 0 Å². The average molecular weight is 278 g/mol. The van der Waals surface area contributed by atoms with Gasteiger partial charge in [0.05, 0.1) is 5.39 Å². The number of anilines is 1. The Bertz CT molecular complexity index is 822. The van der Waals surface area contributed by atoms with Crippen molar-refractivity contribution in [2.75, 3.05) is 5.73 Å². The highest BCUT2D eigenvalue weighted by molar-refractivity contribution is 6.02. The minimum atomic E-state index is 0.219. The maximum absolute atomic E-state index is 6.13. The zero-order chi connectivity index (χ0) is 14.6. The molecule has 1 fully saturated rings. The molecule has 4 rings (SSSR count). The minimum Gasteiger partial charge on any atom is -0.383 e. The Kier molecular flexibility index (Phi) is 2.53. The molecule has 2 aromatic heterocycles. The zero-order valence-electron chi connectivity index (χ0n) is 11.7. The summed E-state index contributed by atoms with van der Waals surface area (Å²) in [5.41, 5.74) is 16.5. The first-order chi connectivity index (χ1) is 10.2. The number of hydrogen-bond donors (Lipinski definition) is 2. The normalized spacial score (nSPS) is 20.9. The van der Waals surface area contributed by atoms with E-state index in [9.17, 15) is 0 Å². The van der Waals surface area contributed by atoms with E-state index in [2.05, 4.69) is 20.6 Å². The van der Waals surface area contributed by atoms with Gasteiger partial charge in [-0.25, -0.2) is 9.97 Å². The van der Waals surface area contributed by atoms with E-state index in [4.69, 9.17) is 11.5 Å². The monoisotopic (exact) mass is 278 g/mol. The van der Waals surface area contributed by atoms with Gasteiger partial charge in [-0.1, -0.05) is 24.3 Å². The predicted octanol–water partition coefficient (Wildman–Crippen LogP) is 1.83. The molecule has 0 bridgehead atoms. The summed E-state index contributed by atoms with van der Waals surface area (Å²) in [6.45, 7) is 0. The van der Waals surface area contributed by atoms with Crippen LogP contribution in [0.1, 0.15) is 18.0 Å². The van der Waals surface area contributed by atoms with Gasteiger partial charge < -0.3 is 16.0 Å². The first-order valence-corrected chi connectivity index (χ1v) is 6.99. The van der Waals surface area contributed by atoms with Crippen molar-refractivity contribution in [1.29, 1.82) is 0 Å². The van der Waals surface area contributed by atoms with Crippen molar-refractivity contribution in [1.82, 2.24) is 14.5 Å². The second-order valence-electron chi connectivity index (χ2n) is 5.57. The average Bonchev–Trinajstić information content (AvgIpc) is 3.13. The van der Waals surface area contributed by atoms with Gasteiger partial charge in [0.1, 0.15) is 17.8 Å². The quantitative estimate of drug-likeness (QED) is 0.749. The third-order valence-electron chi connectivity index (χ3n) is 4.24. The number of rotatable bonds is 2. The maximum Gasteiger partial charge on any atom is 0.146 e. The lowest BCUT2D eigenvalue weighted by molar-refractivity contribution is 0.828. The number of aromatic nitrogens is 3. The Morgan fingerprint density at radius 1 is 1.29 bits per heavy atom. The number of aryl methyl sites for hydroxylation is 1. The molecule has 0 spiro atoms. The van der Waals surface area contributed by atoms with Gasteiger partial charge in [0.15, 0.2) is 0 Å². The van der Waals surface area contributed by atoms with Gasteiger partial charge in [-0.15, -0.1) is 0 Å². The number of nitrogens with zero attached hydrogens (tertiary/aromatic N) is 3. The fourth-order valence-corrected chi connectivity index (χ4v) is 3.10. The van der Waals surface area contributed by atoms with Crippen LogP contribution in [0.2, 0.25) is 0 Å². The summed E-state index contributed by atoms with van der Waals surface area (Å²) in [6.07, 6.45) is 2.51. The van der Waals surface area contributed by atoms with Crippen LogP contribution in [-0.2, 0) is 7.05 Å². The molecule has 2 unspecified atom stereocenters. The summed E-state index contributed by atoms with van der Waals surface area (Å²) in [4.78, 5) is 8.57. The van der Waals surface area contributed by atoms with E-state index >= 15 is 0 Å². The van der Waals surface area contributed by atoms with E-state index in [0.29, 0.717) is 11.7 Å². The summed E-state index contributed by atoms with van der Waals surface area (Å²) < 4.78 is 2.11. The van der Waals surface area contributed by atoms with E-state index in [-0.39, 0.29) is 6.04 Å². The summed E-state index contributed by atoms with van der Waals surface area (Å²) in [7, 11) is 2.02. The molecule has 4 N–H and O–H groups in total. The molecule has 5 nitrogen and oxygen atoms in total. The highest BCUT2D eigenvalue weighted by Crippen LogP contribution is 2.47. The van der Waals surface area contributed by atoms with Gasteiger partial charge >= 0.3 is 0 Å². The van der Waals surface area contributed by atoms with Crippen molar-refractivity contribution in [3.05, 3.63) is 42.4 Å². The molecule has 1 aliphatic rings. The molecule has 0 saturated heterocycles. The number of benzene rings is 1. The Morgan fingerprint density at radius 3 is 2.67 bits per heavy atom. The Morgan fingerprint density at radius 2 is 2.00 bits per heavy atom. The fraction of sp³-hybridized carbons (Fsp3) is 0.250. The SMILES string of the molecule is Cn1c(C2CC2N)c(-c2cc[c]cc2)c2c(N)ncnc21. The first-order valence-electron chi connectivity index (χ1n) is 6.99. The summed E-state index contributed by atoms with van der Waals surface area (Å²) >= 11 is 0. The Balaban J connectivity index is 2.11. The molecular weight excluding hydrogens is 262 g/mol. The molecule has 0 amide bonds. The number of nitrogen functional groups attached to an aromatic ring is 1. The smallest absolute Gasteiger partial charge is 0.146 e. The first kappa shape index (κ1) is 12.3. The van der Waals surface area contributed by atoms with E-state index in [1.165, 1.54) is 12.0 Å². The molecule has 1 radical (unpaired) electrons. The molecule has 5 heteroatoms. The van der Waals surface area contributed by atoms with Crippen LogP contribution < -0.4 is 11.5 Å². The summed E-state index contributed by atoms with van der Waals surface area (Å²) in [5.74, 6) is 0.877. The third kappa shape index (κ3) is 1.74. The topological polar surface area (TPSA) is 82.8 Å². The summed E-state index contributed by atoms with van der Waals surface area (Å²) in [5, 5.41) is 0.917. The van der Waals surface area contributed by atoms with Gasteiger partial charge in [-0.3, -0.25) is 0 Å². The Labute approximate surface area is 122 Å². The molecule has 105 valence electrons. The second-order valence-corrected chi connectivity index (χ2v) is 5.57. The van der Waals surface area contributed by atoms with Crippen LogP contribution in [0.4, 0.5) is 5.82 Å². The highest BCUT2D eigenvalue weighted by atomic mass is 15.1. The van der Waals surface area contributed by atoms with Crippen molar-refractivity contribution in [3.63, 3.8) is 0 Å². The molecule has 0 aliphatic heterocycles. The van der Waals surface area contributed by atoms with Crippen LogP contribution in [-0.4, -0.2) is 20.6 Å². The van der Waals surface area contributed by atoms with E-state index < -0.39 is 0 Å². The fourth-order valence-electron chi connectivity index (χ4n) is 3.10. The van der Waals surface area contributed by atoms with Gasteiger partial charge in [-0.05, 0) is 18.1 Å². The van der Waals surface area contributed by atoms with Crippen molar-refractivity contribution in [3.8, 4) is 11.1 Å². The van der Waals surface area contributed by atoms with Gasteiger partial charge in [0.2, 0.25) is 0 Å². The van der Waals surface area contributed by atoms with Gasteiger partial charge in [0.25, 0.3) is 0 Å². The van der Waals surface area contributed by atoms with Crippen LogP contribution in [0.25, 0.3) is 22.2 Å². The lowest BCUT2D eigenvalue weighted by Gasteiger charge is -2.07. The highest BCUT2D eigenvalue weighted by Gasteiger charge is 2.40. The third-order valence-corrected chi connectivity index (χ3v) is 4.24. The van der Waals surface area contributed by atoms with Crippen LogP contribution in [0.15, 0.2) is 30.6 Å². The lowest BCUT2D eigenvalue weighted by Crippen LogP contribution is -2.05. The molecule has 1 aliphatic carbocycles. The predicted molar refractivity (Wildman–Crippen MR) is 82.5 cm³/mol. The molecule has 21 heavy (non-hydrogen) atoms. The number of hydrogen-bond acceptors (Lipinski definition) is 4. The van der Waals surface area contributed by atoms with Crippen molar-refractivity contribution >= 4 is 16.9 Å². The van der Waals surface area contributed by atoms with Crippen LogP contribution in [0, 0.1) is 6.07 Å². The van der Waals surface area contributed by atoms with Crippen LogP contribution in [0.3, 0.4) is 0 Å². The van der Waals surface area contributed by atoms with Gasteiger partial charge in [0, 0.05) is 30.3 Å². The molecule has 2 heterocycles. The number of fused-ring (bicyclic) bond motifs is 1. The molecule has 1 saturated carbocycles. The van der Waals surface area contributed by atoms with E-state index in [1.54, 1.807) is 0 Å².